The fraction of sp³-hybridized carbons (Fsp3) is 0.917. The van der Waals surface area contributed by atoms with Gasteiger partial charge in [0.15, 0.2) is 0 Å². The molecule has 0 rings (SSSR count). The number of unbranched alkanes of at least 4 members (excludes halogenated alkanes) is 3. The van der Waals surface area contributed by atoms with Gasteiger partial charge in [-0.25, -0.2) is 0 Å². The Hall–Kier alpha value is -0.380. The molecule has 0 aromatic carbocycles. The minimum absolute atomic E-state index is 0.192. The molecule has 0 atom stereocenters. The second-order valence-electron chi connectivity index (χ2n) is 4.02. The summed E-state index contributed by atoms with van der Waals surface area (Å²) < 4.78 is 22.2. The molecule has 0 aromatic rings. The van der Waals surface area contributed by atoms with Gasteiger partial charge in [-0.1, -0.05) is 26.2 Å². The molecule has 0 aromatic heterocycles. The van der Waals surface area contributed by atoms with Crippen molar-refractivity contribution in [3.63, 3.8) is 0 Å². The van der Waals surface area contributed by atoms with E-state index < -0.39 is 7.60 Å². The Morgan fingerprint density at radius 3 is 2.17 bits per heavy atom. The monoisotopic (exact) mass is 279 g/mol. The van der Waals surface area contributed by atoms with E-state index in [1.54, 1.807) is 13.8 Å². The maximum Gasteiger partial charge on any atom is 0.340 e. The van der Waals surface area contributed by atoms with Crippen LogP contribution < -0.4 is 5.32 Å². The van der Waals surface area contributed by atoms with E-state index in [4.69, 9.17) is 9.05 Å². The zero-order valence-electron chi connectivity index (χ0n) is 11.7. The van der Waals surface area contributed by atoms with Crippen LogP contribution >= 0.6 is 7.60 Å². The van der Waals surface area contributed by atoms with Crippen molar-refractivity contribution in [1.82, 2.24) is 5.32 Å². The highest BCUT2D eigenvalue weighted by atomic mass is 31.2. The van der Waals surface area contributed by atoms with Gasteiger partial charge in [0, 0.05) is 6.54 Å². The molecule has 0 saturated carbocycles. The Kier molecular flexibility index (Phi) is 10.3. The van der Waals surface area contributed by atoms with Gasteiger partial charge in [-0.15, -0.1) is 0 Å². The van der Waals surface area contributed by atoms with Crippen LogP contribution in [0.15, 0.2) is 0 Å². The third kappa shape index (κ3) is 8.67. The van der Waals surface area contributed by atoms with Crippen molar-refractivity contribution >= 4 is 13.5 Å². The smallest absolute Gasteiger partial charge is 0.340 e. The molecule has 0 unspecified atom stereocenters. The summed E-state index contributed by atoms with van der Waals surface area (Å²) in [6.07, 6.45) is 4.20. The van der Waals surface area contributed by atoms with Crippen molar-refractivity contribution in [1.29, 1.82) is 0 Å². The van der Waals surface area contributed by atoms with Crippen molar-refractivity contribution in [2.24, 2.45) is 0 Å². The highest BCUT2D eigenvalue weighted by Gasteiger charge is 2.27. The van der Waals surface area contributed by atoms with E-state index in [2.05, 4.69) is 12.2 Å². The van der Waals surface area contributed by atoms with Crippen LogP contribution in [0.2, 0.25) is 0 Å². The molecule has 5 nitrogen and oxygen atoms in total. The number of nitrogens with one attached hydrogen (secondary N) is 1. The van der Waals surface area contributed by atoms with Crippen LogP contribution in [0.3, 0.4) is 0 Å². The molecule has 6 heteroatoms. The lowest BCUT2D eigenvalue weighted by atomic mass is 10.2. The predicted molar refractivity (Wildman–Crippen MR) is 72.9 cm³/mol. The molecule has 0 saturated heterocycles. The number of hydrogen-bond acceptors (Lipinski definition) is 4. The summed E-state index contributed by atoms with van der Waals surface area (Å²) in [5.41, 5.74) is 0. The summed E-state index contributed by atoms with van der Waals surface area (Å²) in [6.45, 7) is 6.78. The first-order chi connectivity index (χ1) is 8.58. The Morgan fingerprint density at radius 1 is 1.06 bits per heavy atom. The highest BCUT2D eigenvalue weighted by molar-refractivity contribution is 7.54. The summed E-state index contributed by atoms with van der Waals surface area (Å²) in [6, 6.07) is 0. The second-order valence-corrected chi connectivity index (χ2v) is 6.07. The van der Waals surface area contributed by atoms with Crippen LogP contribution in [0.25, 0.3) is 0 Å². The first-order valence-corrected chi connectivity index (χ1v) is 8.45. The zero-order valence-corrected chi connectivity index (χ0v) is 12.6. The maximum atomic E-state index is 12.1. The van der Waals surface area contributed by atoms with Crippen LogP contribution in [0.1, 0.15) is 46.5 Å². The number of hydrogen-bond donors (Lipinski definition) is 1. The molecule has 0 aliphatic heterocycles. The first kappa shape index (κ1) is 17.6. The fourth-order valence-corrected chi connectivity index (χ4v) is 3.04. The van der Waals surface area contributed by atoms with E-state index >= 15 is 0 Å². The second kappa shape index (κ2) is 10.5. The Labute approximate surface area is 110 Å². The third-order valence-electron chi connectivity index (χ3n) is 2.34. The first-order valence-electron chi connectivity index (χ1n) is 6.72. The van der Waals surface area contributed by atoms with E-state index in [-0.39, 0.29) is 25.3 Å². The minimum Gasteiger partial charge on any atom is -0.356 e. The lowest BCUT2D eigenvalue weighted by Crippen LogP contribution is -2.28. The summed E-state index contributed by atoms with van der Waals surface area (Å²) >= 11 is 0. The molecule has 0 aliphatic rings. The van der Waals surface area contributed by atoms with Gasteiger partial charge in [-0.05, 0) is 20.3 Å². The van der Waals surface area contributed by atoms with E-state index in [9.17, 15) is 9.36 Å². The lowest BCUT2D eigenvalue weighted by Gasteiger charge is -2.16. The molecule has 1 amide bonds. The molecule has 0 radical (unpaired) electrons. The molecular weight excluding hydrogens is 253 g/mol. The van der Waals surface area contributed by atoms with Crippen molar-refractivity contribution in [3.05, 3.63) is 0 Å². The topological polar surface area (TPSA) is 64.6 Å². The van der Waals surface area contributed by atoms with Crippen molar-refractivity contribution < 1.29 is 18.4 Å². The normalized spacial score (nSPS) is 11.5. The fourth-order valence-electron chi connectivity index (χ4n) is 1.53. The molecule has 0 aliphatic carbocycles. The molecule has 0 heterocycles. The standard InChI is InChI=1S/C12H26NO4P/c1-4-7-8-9-10-13-12(14)11-18(15,16-5-2)17-6-3/h4-11H2,1-3H3,(H,13,14). The average molecular weight is 279 g/mol. The van der Waals surface area contributed by atoms with Crippen LogP contribution in [0.4, 0.5) is 0 Å². The van der Waals surface area contributed by atoms with Crippen molar-refractivity contribution in [2.45, 2.75) is 46.5 Å². The quantitative estimate of drug-likeness (QED) is 0.466. The Morgan fingerprint density at radius 2 is 1.67 bits per heavy atom. The van der Waals surface area contributed by atoms with Gasteiger partial charge in [0.25, 0.3) is 0 Å². The van der Waals surface area contributed by atoms with Gasteiger partial charge in [0.1, 0.15) is 6.16 Å². The van der Waals surface area contributed by atoms with Gasteiger partial charge < -0.3 is 14.4 Å². The van der Waals surface area contributed by atoms with Gasteiger partial charge in [0.05, 0.1) is 13.2 Å². The lowest BCUT2D eigenvalue weighted by molar-refractivity contribution is -0.118. The number of rotatable bonds is 11. The predicted octanol–water partition coefficient (Wildman–Crippen LogP) is 2.95. The molecular formula is C12H26NO4P. The van der Waals surface area contributed by atoms with Crippen LogP contribution in [0.5, 0.6) is 0 Å². The summed E-state index contributed by atoms with van der Waals surface area (Å²) in [7, 11) is -3.25. The van der Waals surface area contributed by atoms with Crippen molar-refractivity contribution in [2.75, 3.05) is 25.9 Å². The number of carbonyl (C=O) groups excluding carboxylic acids is 1. The van der Waals surface area contributed by atoms with Crippen molar-refractivity contribution in [3.8, 4) is 0 Å². The molecule has 0 bridgehead atoms. The minimum atomic E-state index is -3.25. The average Bonchev–Trinajstić information content (AvgIpc) is 2.29. The highest BCUT2D eigenvalue weighted by Crippen LogP contribution is 2.47. The van der Waals surface area contributed by atoms with E-state index in [1.165, 1.54) is 6.42 Å². The van der Waals surface area contributed by atoms with E-state index in [1.807, 2.05) is 0 Å². The summed E-state index contributed by atoms with van der Waals surface area (Å²) in [4.78, 5) is 11.6. The summed E-state index contributed by atoms with van der Waals surface area (Å²) in [5, 5.41) is 2.74. The van der Waals surface area contributed by atoms with Crippen LogP contribution in [-0.2, 0) is 18.4 Å². The van der Waals surface area contributed by atoms with Gasteiger partial charge in [-0.3, -0.25) is 9.36 Å². The van der Waals surface area contributed by atoms with E-state index in [0.717, 1.165) is 19.3 Å². The van der Waals surface area contributed by atoms with Gasteiger partial charge in [0.2, 0.25) is 5.91 Å². The summed E-state index contributed by atoms with van der Waals surface area (Å²) in [5.74, 6) is -0.267. The molecule has 18 heavy (non-hydrogen) atoms. The molecule has 0 spiro atoms. The largest absolute Gasteiger partial charge is 0.356 e. The van der Waals surface area contributed by atoms with Gasteiger partial charge in [-0.2, -0.15) is 0 Å². The van der Waals surface area contributed by atoms with Crippen LogP contribution in [-0.4, -0.2) is 31.8 Å². The Bertz CT molecular complexity index is 261. The zero-order chi connectivity index (χ0) is 13.9. The molecule has 108 valence electrons. The number of amides is 1. The van der Waals surface area contributed by atoms with E-state index in [0.29, 0.717) is 6.54 Å². The van der Waals surface area contributed by atoms with Gasteiger partial charge >= 0.3 is 7.60 Å². The van der Waals surface area contributed by atoms with Crippen LogP contribution in [0, 0.1) is 0 Å². The third-order valence-corrected chi connectivity index (χ3v) is 4.32. The Balaban J connectivity index is 3.92. The molecule has 0 fully saturated rings. The number of carbonyl (C=O) groups is 1. The molecule has 1 N–H and O–H groups in total. The maximum absolute atomic E-state index is 12.1. The SMILES string of the molecule is CCCCCCNC(=O)CP(=O)(OCC)OCC.